The molecule has 3 nitrogen and oxygen atoms in total. The molecule has 1 radical (unpaired) electrons. The van der Waals surface area contributed by atoms with E-state index in [0.29, 0.717) is 5.92 Å². The van der Waals surface area contributed by atoms with Gasteiger partial charge in [-0.2, -0.15) is 0 Å². The highest BCUT2D eigenvalue weighted by Gasteiger charge is 2.24. The first-order chi connectivity index (χ1) is 7.68. The van der Waals surface area contributed by atoms with Gasteiger partial charge in [0.05, 0.1) is 10.8 Å². The van der Waals surface area contributed by atoms with Crippen LogP contribution < -0.4 is 0 Å². The van der Waals surface area contributed by atoms with Crippen molar-refractivity contribution >= 4 is 0 Å². The van der Waals surface area contributed by atoms with Crippen LogP contribution in [-0.4, -0.2) is 4.92 Å². The van der Waals surface area contributed by atoms with E-state index in [1.54, 1.807) is 13.0 Å². The second-order valence-electron chi connectivity index (χ2n) is 3.79. The summed E-state index contributed by atoms with van der Waals surface area (Å²) in [5, 5.41) is 10.8. The van der Waals surface area contributed by atoms with Crippen LogP contribution in [0.4, 0.5) is 0 Å². The first-order valence-electron chi connectivity index (χ1n) is 5.12. The molecule has 3 heteroatoms. The van der Waals surface area contributed by atoms with E-state index in [0.717, 1.165) is 5.56 Å². The number of benzene rings is 1. The third kappa shape index (κ3) is 2.03. The molecule has 0 aromatic heterocycles. The Morgan fingerprint density at radius 1 is 1.25 bits per heavy atom. The summed E-state index contributed by atoms with van der Waals surface area (Å²) < 4.78 is 0. The van der Waals surface area contributed by atoms with Crippen LogP contribution in [0.1, 0.15) is 18.4 Å². The van der Waals surface area contributed by atoms with Crippen molar-refractivity contribution in [2.45, 2.75) is 12.8 Å². The summed E-state index contributed by atoms with van der Waals surface area (Å²) in [6, 6.07) is 9.76. The summed E-state index contributed by atoms with van der Waals surface area (Å²) in [6.07, 6.45) is 5.50. The third-order valence-electron chi connectivity index (χ3n) is 2.68. The molecule has 16 heavy (non-hydrogen) atoms. The molecule has 0 amide bonds. The van der Waals surface area contributed by atoms with Crippen molar-refractivity contribution in [1.29, 1.82) is 0 Å². The largest absolute Gasteiger partial charge is 0.259 e. The lowest BCUT2D eigenvalue weighted by Gasteiger charge is -2.15. The standard InChI is InChI=1S/C13H12NO2/c1-10-7-8-12(9-13(10)14(15)16)11-5-3-2-4-6-11/h2-9,12H,1H3. The summed E-state index contributed by atoms with van der Waals surface area (Å²) in [5.41, 5.74) is 1.28. The molecule has 2 rings (SSSR count). The van der Waals surface area contributed by atoms with Gasteiger partial charge in [0.1, 0.15) is 0 Å². The highest BCUT2D eigenvalue weighted by atomic mass is 16.6. The molecular formula is C13H12NO2. The Labute approximate surface area is 94.3 Å². The van der Waals surface area contributed by atoms with E-state index in [1.807, 2.05) is 42.5 Å². The van der Waals surface area contributed by atoms with Gasteiger partial charge < -0.3 is 0 Å². The smallest absolute Gasteiger partial charge is 0.254 e. The van der Waals surface area contributed by atoms with Crippen molar-refractivity contribution in [3.8, 4) is 0 Å². The summed E-state index contributed by atoms with van der Waals surface area (Å²) in [5.74, 6) is 0.711. The van der Waals surface area contributed by atoms with E-state index in [-0.39, 0.29) is 16.5 Å². The first-order valence-corrected chi connectivity index (χ1v) is 5.12. The first kappa shape index (κ1) is 10.6. The molecule has 0 bridgehead atoms. The van der Waals surface area contributed by atoms with E-state index in [4.69, 9.17) is 0 Å². The summed E-state index contributed by atoms with van der Waals surface area (Å²) in [6.45, 7) is 1.76. The van der Waals surface area contributed by atoms with Gasteiger partial charge >= 0.3 is 0 Å². The van der Waals surface area contributed by atoms with Crippen molar-refractivity contribution in [2.75, 3.05) is 0 Å². The molecule has 1 aliphatic rings. The lowest BCUT2D eigenvalue weighted by molar-refractivity contribution is -0.423. The number of rotatable bonds is 2. The minimum atomic E-state index is -0.325. The number of hydrogen-bond donors (Lipinski definition) is 0. The van der Waals surface area contributed by atoms with Crippen molar-refractivity contribution in [2.24, 2.45) is 0 Å². The van der Waals surface area contributed by atoms with Gasteiger partial charge in [-0.05, 0) is 12.5 Å². The monoisotopic (exact) mass is 214 g/mol. The van der Waals surface area contributed by atoms with Gasteiger partial charge in [-0.25, -0.2) is 0 Å². The maximum atomic E-state index is 10.8. The fourth-order valence-corrected chi connectivity index (χ4v) is 1.78. The number of nitrogens with zero attached hydrogens (tertiary/aromatic N) is 1. The molecule has 0 spiro atoms. The Hall–Kier alpha value is -1.90. The molecule has 0 heterocycles. The number of hydrogen-bond acceptors (Lipinski definition) is 2. The van der Waals surface area contributed by atoms with Gasteiger partial charge in [-0.15, -0.1) is 0 Å². The van der Waals surface area contributed by atoms with Gasteiger partial charge in [0, 0.05) is 12.0 Å². The fourth-order valence-electron chi connectivity index (χ4n) is 1.78. The van der Waals surface area contributed by atoms with Crippen LogP contribution in [0.2, 0.25) is 0 Å². The second-order valence-corrected chi connectivity index (χ2v) is 3.79. The summed E-state index contributed by atoms with van der Waals surface area (Å²) in [4.78, 5) is 10.5. The zero-order valence-electron chi connectivity index (χ0n) is 8.96. The van der Waals surface area contributed by atoms with Crippen molar-refractivity contribution < 1.29 is 4.92 Å². The van der Waals surface area contributed by atoms with Gasteiger partial charge in [0.25, 0.3) is 5.70 Å². The normalized spacial score (nSPS) is 20.6. The summed E-state index contributed by atoms with van der Waals surface area (Å²) in [7, 11) is 0. The lowest BCUT2D eigenvalue weighted by atomic mass is 9.89. The third-order valence-corrected chi connectivity index (χ3v) is 2.68. The van der Waals surface area contributed by atoms with E-state index in [2.05, 4.69) is 0 Å². The van der Waals surface area contributed by atoms with Gasteiger partial charge in [-0.3, -0.25) is 10.1 Å². The van der Waals surface area contributed by atoms with Crippen LogP contribution in [0.25, 0.3) is 0 Å². The van der Waals surface area contributed by atoms with Crippen LogP contribution in [0.3, 0.4) is 0 Å². The summed E-state index contributed by atoms with van der Waals surface area (Å²) >= 11 is 0. The SMILES string of the molecule is C[C]1C=CC(c2ccccc2)C=C1[N+](=O)[O-]. The minimum Gasteiger partial charge on any atom is -0.259 e. The quantitative estimate of drug-likeness (QED) is 0.560. The fraction of sp³-hybridized carbons (Fsp3) is 0.154. The molecule has 1 aliphatic carbocycles. The Morgan fingerprint density at radius 3 is 2.56 bits per heavy atom. The maximum Gasteiger partial charge on any atom is 0.254 e. The van der Waals surface area contributed by atoms with Crippen LogP contribution in [-0.2, 0) is 0 Å². The van der Waals surface area contributed by atoms with Crippen LogP contribution in [0, 0.1) is 16.0 Å². The Morgan fingerprint density at radius 2 is 1.94 bits per heavy atom. The van der Waals surface area contributed by atoms with Crippen LogP contribution in [0.15, 0.2) is 54.3 Å². The second kappa shape index (κ2) is 4.31. The Kier molecular flexibility index (Phi) is 2.86. The van der Waals surface area contributed by atoms with Crippen molar-refractivity contribution in [3.63, 3.8) is 0 Å². The minimum absolute atomic E-state index is 0.00491. The zero-order chi connectivity index (χ0) is 11.5. The topological polar surface area (TPSA) is 43.1 Å². The molecule has 0 saturated carbocycles. The molecule has 1 unspecified atom stereocenters. The number of nitro groups is 1. The van der Waals surface area contributed by atoms with E-state index < -0.39 is 0 Å². The Balaban J connectivity index is 2.32. The van der Waals surface area contributed by atoms with E-state index in [1.165, 1.54) is 0 Å². The molecule has 81 valence electrons. The lowest BCUT2D eigenvalue weighted by Crippen LogP contribution is -2.11. The van der Waals surface area contributed by atoms with Crippen molar-refractivity contribution in [1.82, 2.24) is 0 Å². The molecule has 1 aromatic rings. The van der Waals surface area contributed by atoms with E-state index >= 15 is 0 Å². The molecule has 0 N–H and O–H groups in total. The molecule has 1 atom stereocenters. The highest BCUT2D eigenvalue weighted by Crippen LogP contribution is 2.29. The predicted octanol–water partition coefficient (Wildman–Crippen LogP) is 3.09. The predicted molar refractivity (Wildman–Crippen MR) is 62.3 cm³/mol. The zero-order valence-corrected chi connectivity index (χ0v) is 8.96. The van der Waals surface area contributed by atoms with Crippen molar-refractivity contribution in [3.05, 3.63) is 75.9 Å². The van der Waals surface area contributed by atoms with Gasteiger partial charge in [-0.1, -0.05) is 42.5 Å². The van der Waals surface area contributed by atoms with E-state index in [9.17, 15) is 10.1 Å². The van der Waals surface area contributed by atoms with Gasteiger partial charge in [0.15, 0.2) is 0 Å². The molecular weight excluding hydrogens is 202 g/mol. The maximum absolute atomic E-state index is 10.8. The van der Waals surface area contributed by atoms with Crippen LogP contribution in [0.5, 0.6) is 0 Å². The van der Waals surface area contributed by atoms with Crippen LogP contribution >= 0.6 is 0 Å². The van der Waals surface area contributed by atoms with Gasteiger partial charge in [0.2, 0.25) is 0 Å². The Bertz CT molecular complexity index is 448. The molecule has 0 fully saturated rings. The number of allylic oxidation sites excluding steroid dienone is 3. The average molecular weight is 214 g/mol. The molecule has 0 aliphatic heterocycles. The molecule has 1 aromatic carbocycles. The average Bonchev–Trinajstić information content (AvgIpc) is 2.30. The highest BCUT2D eigenvalue weighted by molar-refractivity contribution is 5.40. The molecule has 0 saturated heterocycles.